The maximum absolute atomic E-state index is 5.59. The molecule has 2 aromatic rings. The van der Waals surface area contributed by atoms with Crippen LogP contribution >= 0.6 is 0 Å². The van der Waals surface area contributed by atoms with E-state index in [1.54, 1.807) is 0 Å². The monoisotopic (exact) mass is 216 g/mol. The maximum atomic E-state index is 5.59. The van der Waals surface area contributed by atoms with Crippen LogP contribution in [0.1, 0.15) is 25.5 Å². The van der Waals surface area contributed by atoms with Gasteiger partial charge in [-0.25, -0.2) is 0 Å². The predicted molar refractivity (Wildman–Crippen MR) is 64.1 cm³/mol. The molecule has 84 valence electrons. The van der Waals surface area contributed by atoms with E-state index < -0.39 is 0 Å². The minimum absolute atomic E-state index is 0.0685. The van der Waals surface area contributed by atoms with Gasteiger partial charge in [0.05, 0.1) is 11.8 Å². The number of hydrogen-bond acceptors (Lipinski definition) is 2. The molecule has 1 heterocycles. The molecule has 1 atom stereocenters. The van der Waals surface area contributed by atoms with Gasteiger partial charge in [-0.1, -0.05) is 30.3 Å². The highest BCUT2D eigenvalue weighted by Gasteiger charge is 2.14. The van der Waals surface area contributed by atoms with Gasteiger partial charge in [0.15, 0.2) is 0 Å². The summed E-state index contributed by atoms with van der Waals surface area (Å²) in [6.45, 7) is 4.75. The molecule has 3 heteroatoms. The average Bonchev–Trinajstić information content (AvgIpc) is 2.79. The zero-order valence-corrected chi connectivity index (χ0v) is 9.60. The number of rotatable bonds is 4. The van der Waals surface area contributed by atoms with Crippen LogP contribution in [0.25, 0.3) is 11.3 Å². The van der Waals surface area contributed by atoms with Crippen molar-refractivity contribution in [2.45, 2.75) is 20.0 Å². The van der Waals surface area contributed by atoms with Crippen LogP contribution in [0.3, 0.4) is 0 Å². The van der Waals surface area contributed by atoms with Crippen molar-refractivity contribution < 1.29 is 4.74 Å². The van der Waals surface area contributed by atoms with Gasteiger partial charge in [0.25, 0.3) is 0 Å². The lowest BCUT2D eigenvalue weighted by atomic mass is 10.1. The van der Waals surface area contributed by atoms with Crippen LogP contribution in [-0.2, 0) is 4.74 Å². The Bertz CT molecular complexity index is 436. The molecule has 1 unspecified atom stereocenters. The second-order valence-corrected chi connectivity index (χ2v) is 3.65. The lowest BCUT2D eigenvalue weighted by molar-refractivity contribution is 0.0768. The van der Waals surface area contributed by atoms with Crippen molar-refractivity contribution in [3.8, 4) is 11.3 Å². The molecule has 1 aromatic heterocycles. The van der Waals surface area contributed by atoms with Gasteiger partial charge in [0.2, 0.25) is 0 Å². The van der Waals surface area contributed by atoms with Gasteiger partial charge in [-0.3, -0.25) is 5.10 Å². The van der Waals surface area contributed by atoms with Crippen LogP contribution in [0.5, 0.6) is 0 Å². The van der Waals surface area contributed by atoms with Gasteiger partial charge >= 0.3 is 0 Å². The van der Waals surface area contributed by atoms with Crippen molar-refractivity contribution in [2.24, 2.45) is 0 Å². The first-order valence-corrected chi connectivity index (χ1v) is 5.53. The number of ether oxygens (including phenoxy) is 1. The molecule has 0 radical (unpaired) electrons. The quantitative estimate of drug-likeness (QED) is 0.852. The zero-order chi connectivity index (χ0) is 11.4. The van der Waals surface area contributed by atoms with E-state index in [0.29, 0.717) is 6.61 Å². The molecule has 0 spiro atoms. The summed E-state index contributed by atoms with van der Waals surface area (Å²) >= 11 is 0. The molecular formula is C13H16N2O. The Morgan fingerprint density at radius 3 is 2.75 bits per heavy atom. The predicted octanol–water partition coefficient (Wildman–Crippen LogP) is 3.17. The summed E-state index contributed by atoms with van der Waals surface area (Å²) in [7, 11) is 0. The van der Waals surface area contributed by atoms with E-state index in [9.17, 15) is 0 Å². The normalized spacial score (nSPS) is 12.6. The molecule has 0 fully saturated rings. The van der Waals surface area contributed by atoms with E-state index in [0.717, 1.165) is 16.8 Å². The molecule has 0 saturated heterocycles. The fraction of sp³-hybridized carbons (Fsp3) is 0.308. The number of aromatic nitrogens is 2. The molecular weight excluding hydrogens is 200 g/mol. The van der Waals surface area contributed by atoms with E-state index in [-0.39, 0.29) is 6.10 Å². The first-order chi connectivity index (χ1) is 7.83. The number of nitrogens with one attached hydrogen (secondary N) is 1. The van der Waals surface area contributed by atoms with E-state index in [1.165, 1.54) is 0 Å². The number of benzene rings is 1. The third-order valence-corrected chi connectivity index (χ3v) is 2.57. The molecule has 0 aliphatic carbocycles. The fourth-order valence-electron chi connectivity index (χ4n) is 1.78. The van der Waals surface area contributed by atoms with Gasteiger partial charge in [-0.15, -0.1) is 0 Å². The van der Waals surface area contributed by atoms with Gasteiger partial charge < -0.3 is 4.74 Å². The molecule has 0 amide bonds. The summed E-state index contributed by atoms with van der Waals surface area (Å²) in [5.74, 6) is 0. The average molecular weight is 216 g/mol. The van der Waals surface area contributed by atoms with Gasteiger partial charge in [0.1, 0.15) is 0 Å². The second-order valence-electron chi connectivity index (χ2n) is 3.65. The number of hydrogen-bond donors (Lipinski definition) is 1. The highest BCUT2D eigenvalue weighted by molar-refractivity contribution is 5.62. The van der Waals surface area contributed by atoms with Gasteiger partial charge in [-0.05, 0) is 13.8 Å². The molecule has 3 nitrogen and oxygen atoms in total. The molecule has 0 bridgehead atoms. The molecule has 16 heavy (non-hydrogen) atoms. The lowest BCUT2D eigenvalue weighted by Crippen LogP contribution is -1.99. The lowest BCUT2D eigenvalue weighted by Gasteiger charge is -2.11. The Morgan fingerprint density at radius 2 is 2.06 bits per heavy atom. The molecule has 2 rings (SSSR count). The van der Waals surface area contributed by atoms with E-state index in [2.05, 4.69) is 22.3 Å². The minimum atomic E-state index is 0.0685. The van der Waals surface area contributed by atoms with Crippen molar-refractivity contribution in [3.63, 3.8) is 0 Å². The van der Waals surface area contributed by atoms with Crippen LogP contribution in [0.2, 0.25) is 0 Å². The summed E-state index contributed by atoms with van der Waals surface area (Å²) in [5.41, 5.74) is 3.19. The summed E-state index contributed by atoms with van der Waals surface area (Å²) in [5, 5.41) is 7.19. The molecule has 0 aliphatic heterocycles. The van der Waals surface area contributed by atoms with Crippen LogP contribution in [0, 0.1) is 0 Å². The Hall–Kier alpha value is -1.61. The van der Waals surface area contributed by atoms with E-state index in [4.69, 9.17) is 4.74 Å². The Kier molecular flexibility index (Phi) is 3.37. The van der Waals surface area contributed by atoms with Crippen LogP contribution in [-0.4, -0.2) is 16.8 Å². The first kappa shape index (κ1) is 10.9. The van der Waals surface area contributed by atoms with Crippen molar-refractivity contribution in [1.82, 2.24) is 10.2 Å². The van der Waals surface area contributed by atoms with Crippen LogP contribution < -0.4 is 0 Å². The fourth-order valence-corrected chi connectivity index (χ4v) is 1.78. The summed E-state index contributed by atoms with van der Waals surface area (Å²) in [4.78, 5) is 0. The van der Waals surface area contributed by atoms with Gasteiger partial charge in [-0.2, -0.15) is 5.10 Å². The Morgan fingerprint density at radius 1 is 1.31 bits per heavy atom. The molecule has 0 saturated carbocycles. The largest absolute Gasteiger partial charge is 0.374 e. The van der Waals surface area contributed by atoms with Crippen molar-refractivity contribution in [1.29, 1.82) is 0 Å². The Balaban J connectivity index is 2.33. The highest BCUT2D eigenvalue weighted by atomic mass is 16.5. The number of aromatic amines is 1. The van der Waals surface area contributed by atoms with Crippen LogP contribution in [0.4, 0.5) is 0 Å². The van der Waals surface area contributed by atoms with E-state index in [1.807, 2.05) is 38.2 Å². The SMILES string of the molecule is CCOC(C)c1c[nH]nc1-c1ccccc1. The molecule has 0 aliphatic rings. The van der Waals surface area contributed by atoms with Crippen molar-refractivity contribution >= 4 is 0 Å². The molecule has 1 aromatic carbocycles. The topological polar surface area (TPSA) is 37.9 Å². The van der Waals surface area contributed by atoms with Crippen LogP contribution in [0.15, 0.2) is 36.5 Å². The minimum Gasteiger partial charge on any atom is -0.374 e. The summed E-state index contributed by atoms with van der Waals surface area (Å²) in [6.07, 6.45) is 1.97. The zero-order valence-electron chi connectivity index (χ0n) is 9.60. The van der Waals surface area contributed by atoms with E-state index >= 15 is 0 Å². The second kappa shape index (κ2) is 4.94. The van der Waals surface area contributed by atoms with Crippen molar-refractivity contribution in [2.75, 3.05) is 6.61 Å². The maximum Gasteiger partial charge on any atom is 0.0978 e. The Labute approximate surface area is 95.5 Å². The standard InChI is InChI=1S/C13H16N2O/c1-3-16-10(2)12-9-14-15-13(12)11-7-5-4-6-8-11/h4-10H,3H2,1-2H3,(H,14,15). The third kappa shape index (κ3) is 2.14. The third-order valence-electron chi connectivity index (χ3n) is 2.57. The summed E-state index contributed by atoms with van der Waals surface area (Å²) in [6, 6.07) is 10.1. The van der Waals surface area contributed by atoms with Gasteiger partial charge in [0, 0.05) is 23.9 Å². The number of nitrogens with zero attached hydrogens (tertiary/aromatic N) is 1. The highest BCUT2D eigenvalue weighted by Crippen LogP contribution is 2.27. The molecule has 1 N–H and O–H groups in total. The summed E-state index contributed by atoms with van der Waals surface area (Å²) < 4.78 is 5.59. The first-order valence-electron chi connectivity index (χ1n) is 5.53. The number of H-pyrrole nitrogens is 1. The van der Waals surface area contributed by atoms with Crippen molar-refractivity contribution in [3.05, 3.63) is 42.1 Å². The smallest absolute Gasteiger partial charge is 0.0978 e.